The van der Waals surface area contributed by atoms with E-state index in [4.69, 9.17) is 37.9 Å². The monoisotopic (exact) mass is 607 g/mol. The van der Waals surface area contributed by atoms with Crippen molar-refractivity contribution in [3.8, 4) is 0 Å². The van der Waals surface area contributed by atoms with Gasteiger partial charge in [0.2, 0.25) is 0 Å². The van der Waals surface area contributed by atoms with Gasteiger partial charge < -0.3 is 43.2 Å². The molecule has 0 aliphatic heterocycles. The van der Waals surface area contributed by atoms with Crippen molar-refractivity contribution >= 4 is 27.6 Å². The Balaban J connectivity index is 1.78. The largest absolute Gasteiger partial charge is 0.460 e. The summed E-state index contributed by atoms with van der Waals surface area (Å²) < 4.78 is 43.1. The van der Waals surface area contributed by atoms with Crippen LogP contribution in [0.15, 0.2) is 24.3 Å². The number of unbranched alkanes of at least 4 members (excludes halogenated alkanes) is 1. The first-order chi connectivity index (χ1) is 18.8. The summed E-state index contributed by atoms with van der Waals surface area (Å²) in [6.07, 6.45) is 2.25. The lowest BCUT2D eigenvalue weighted by atomic mass is 10.2. The summed E-state index contributed by atoms with van der Waals surface area (Å²) in [7, 11) is 0. The molecule has 0 saturated heterocycles. The maximum atomic E-state index is 12.1. The number of hydrogen-bond acceptors (Lipinski definition) is 10. The normalized spacial score (nSPS) is 11.1. The standard InChI is InChI=1S/C27H46BrNO9/c1-2-3-9-29-26-6-4-25(5-7-26)27(30)38-24-23-37-22-21-36-20-19-35-18-17-34-16-15-33-14-13-32-12-11-31-10-8-28/h4-7,29H,2-3,8-24H2,1H3. The van der Waals surface area contributed by atoms with Gasteiger partial charge in [-0.05, 0) is 30.7 Å². The molecule has 1 aromatic rings. The number of halogens is 1. The Labute approximate surface area is 236 Å². The first-order valence-electron chi connectivity index (χ1n) is 13.4. The Morgan fingerprint density at radius 2 is 1.03 bits per heavy atom. The third-order valence-electron chi connectivity index (χ3n) is 4.89. The predicted octanol–water partition coefficient (Wildman–Crippen LogP) is 3.57. The molecule has 0 spiro atoms. The van der Waals surface area contributed by atoms with E-state index in [-0.39, 0.29) is 12.6 Å². The third-order valence-corrected chi connectivity index (χ3v) is 5.22. The zero-order valence-electron chi connectivity index (χ0n) is 22.8. The van der Waals surface area contributed by atoms with Crippen LogP contribution in [0.25, 0.3) is 0 Å². The summed E-state index contributed by atoms with van der Waals surface area (Å²) in [5.74, 6) is -0.355. The van der Waals surface area contributed by atoms with E-state index < -0.39 is 0 Å². The quantitative estimate of drug-likeness (QED) is 0.0863. The van der Waals surface area contributed by atoms with E-state index in [2.05, 4.69) is 28.2 Å². The van der Waals surface area contributed by atoms with Crippen LogP contribution in [0.3, 0.4) is 0 Å². The molecule has 0 saturated carbocycles. The van der Waals surface area contributed by atoms with Gasteiger partial charge in [-0.15, -0.1) is 0 Å². The molecule has 38 heavy (non-hydrogen) atoms. The van der Waals surface area contributed by atoms with Gasteiger partial charge in [-0.2, -0.15) is 0 Å². The van der Waals surface area contributed by atoms with E-state index in [1.807, 2.05) is 12.1 Å². The summed E-state index contributed by atoms with van der Waals surface area (Å²) in [5, 5.41) is 4.15. The number of hydrogen-bond donors (Lipinski definition) is 1. The highest BCUT2D eigenvalue weighted by molar-refractivity contribution is 9.09. The second-order valence-electron chi connectivity index (χ2n) is 7.97. The first kappa shape index (κ1) is 34.7. The van der Waals surface area contributed by atoms with Crippen LogP contribution in [0.5, 0.6) is 0 Å². The van der Waals surface area contributed by atoms with Gasteiger partial charge in [0.25, 0.3) is 0 Å². The van der Waals surface area contributed by atoms with Crippen LogP contribution in [-0.4, -0.2) is 117 Å². The topological polar surface area (TPSA) is 103 Å². The van der Waals surface area contributed by atoms with Crippen molar-refractivity contribution in [3.05, 3.63) is 29.8 Å². The molecule has 11 heteroatoms. The van der Waals surface area contributed by atoms with Crippen molar-refractivity contribution in [2.24, 2.45) is 0 Å². The lowest BCUT2D eigenvalue weighted by Gasteiger charge is -2.09. The average molecular weight is 609 g/mol. The number of esters is 1. The second kappa shape index (κ2) is 27.3. The number of carbonyl (C=O) groups excluding carboxylic acids is 1. The van der Waals surface area contributed by atoms with Gasteiger partial charge in [0, 0.05) is 17.6 Å². The van der Waals surface area contributed by atoms with Crippen LogP contribution in [0.1, 0.15) is 30.1 Å². The number of anilines is 1. The minimum absolute atomic E-state index is 0.199. The van der Waals surface area contributed by atoms with Gasteiger partial charge >= 0.3 is 5.97 Å². The molecule has 1 aromatic carbocycles. The third kappa shape index (κ3) is 21.6. The van der Waals surface area contributed by atoms with E-state index in [0.717, 1.165) is 30.4 Å². The Hall–Kier alpha value is -1.31. The molecule has 0 atom stereocenters. The summed E-state index contributed by atoms with van der Waals surface area (Å²) in [6, 6.07) is 7.30. The average Bonchev–Trinajstić information content (AvgIpc) is 2.94. The van der Waals surface area contributed by atoms with Gasteiger partial charge in [-0.1, -0.05) is 29.3 Å². The minimum atomic E-state index is -0.355. The minimum Gasteiger partial charge on any atom is -0.460 e. The zero-order valence-corrected chi connectivity index (χ0v) is 24.4. The zero-order chi connectivity index (χ0) is 27.4. The van der Waals surface area contributed by atoms with E-state index >= 15 is 0 Å². The highest BCUT2D eigenvalue weighted by Crippen LogP contribution is 2.10. The summed E-state index contributed by atoms with van der Waals surface area (Å²) in [4.78, 5) is 12.1. The Morgan fingerprint density at radius 1 is 0.632 bits per heavy atom. The van der Waals surface area contributed by atoms with E-state index in [9.17, 15) is 4.79 Å². The van der Waals surface area contributed by atoms with Crippen molar-refractivity contribution in [2.75, 3.05) is 116 Å². The van der Waals surface area contributed by atoms with Crippen molar-refractivity contribution in [3.63, 3.8) is 0 Å². The number of alkyl halides is 1. The fourth-order valence-electron chi connectivity index (χ4n) is 2.89. The molecule has 1 N–H and O–H groups in total. The van der Waals surface area contributed by atoms with Crippen LogP contribution in [0, 0.1) is 0 Å². The Bertz CT molecular complexity index is 652. The molecule has 0 aromatic heterocycles. The predicted molar refractivity (Wildman–Crippen MR) is 150 cm³/mol. The molecule has 0 heterocycles. The van der Waals surface area contributed by atoms with Crippen molar-refractivity contribution in [2.45, 2.75) is 19.8 Å². The number of carbonyl (C=O) groups is 1. The van der Waals surface area contributed by atoms with Crippen LogP contribution in [0.4, 0.5) is 5.69 Å². The smallest absolute Gasteiger partial charge is 0.338 e. The van der Waals surface area contributed by atoms with Crippen LogP contribution < -0.4 is 5.32 Å². The fraction of sp³-hybridized carbons (Fsp3) is 0.741. The Morgan fingerprint density at radius 3 is 1.42 bits per heavy atom. The summed E-state index contributed by atoms with van der Waals surface area (Å²) >= 11 is 3.30. The molecular formula is C27H46BrNO9. The van der Waals surface area contributed by atoms with Crippen LogP contribution in [0.2, 0.25) is 0 Å². The molecule has 0 aliphatic carbocycles. The highest BCUT2D eigenvalue weighted by Gasteiger charge is 2.06. The molecule has 0 bridgehead atoms. The lowest BCUT2D eigenvalue weighted by molar-refractivity contribution is -0.0219. The van der Waals surface area contributed by atoms with E-state index in [1.165, 1.54) is 0 Å². The molecule has 1 rings (SSSR count). The first-order valence-corrected chi connectivity index (χ1v) is 14.5. The molecule has 0 radical (unpaired) electrons. The molecule has 0 amide bonds. The number of rotatable bonds is 28. The van der Waals surface area contributed by atoms with Crippen LogP contribution in [-0.2, 0) is 37.9 Å². The van der Waals surface area contributed by atoms with E-state index in [1.54, 1.807) is 12.1 Å². The van der Waals surface area contributed by atoms with Crippen molar-refractivity contribution in [1.29, 1.82) is 0 Å². The van der Waals surface area contributed by atoms with E-state index in [0.29, 0.717) is 98.1 Å². The van der Waals surface area contributed by atoms with Gasteiger partial charge in [-0.3, -0.25) is 0 Å². The maximum Gasteiger partial charge on any atom is 0.338 e. The van der Waals surface area contributed by atoms with Crippen LogP contribution >= 0.6 is 15.9 Å². The molecular weight excluding hydrogens is 562 g/mol. The molecule has 220 valence electrons. The molecule has 10 nitrogen and oxygen atoms in total. The van der Waals surface area contributed by atoms with Gasteiger partial charge in [-0.25, -0.2) is 4.79 Å². The second-order valence-corrected chi connectivity index (χ2v) is 8.76. The lowest BCUT2D eigenvalue weighted by Crippen LogP contribution is -2.15. The number of ether oxygens (including phenoxy) is 8. The number of benzene rings is 1. The Kier molecular flexibility index (Phi) is 24.9. The highest BCUT2D eigenvalue weighted by atomic mass is 79.9. The fourth-order valence-corrected chi connectivity index (χ4v) is 3.12. The summed E-state index contributed by atoms with van der Waals surface area (Å²) in [5.41, 5.74) is 1.52. The van der Waals surface area contributed by atoms with Gasteiger partial charge in [0.1, 0.15) is 6.61 Å². The SMILES string of the molecule is CCCCNc1ccc(C(=O)OCCOCCOCCOCCOCCOCCOCCOCCBr)cc1. The van der Waals surface area contributed by atoms with Crippen molar-refractivity contribution in [1.82, 2.24) is 0 Å². The van der Waals surface area contributed by atoms with Gasteiger partial charge in [0.05, 0.1) is 98.1 Å². The summed E-state index contributed by atoms with van der Waals surface area (Å²) in [6.45, 7) is 10.4. The van der Waals surface area contributed by atoms with Crippen molar-refractivity contribution < 1.29 is 42.7 Å². The van der Waals surface area contributed by atoms with Gasteiger partial charge in [0.15, 0.2) is 0 Å². The maximum absolute atomic E-state index is 12.1. The molecule has 0 aliphatic rings. The number of nitrogens with one attached hydrogen (secondary N) is 1. The molecule has 0 fully saturated rings. The molecule has 0 unspecified atom stereocenters.